The number of anilines is 3. The minimum absolute atomic E-state index is 0.0172. The van der Waals surface area contributed by atoms with Gasteiger partial charge in [0.1, 0.15) is 0 Å². The van der Waals surface area contributed by atoms with E-state index in [0.717, 1.165) is 10.2 Å². The molecule has 3 rings (SSSR count). The molecule has 100 valence electrons. The Kier molecular flexibility index (Phi) is 2.96. The molecule has 0 aliphatic heterocycles. The van der Waals surface area contributed by atoms with Gasteiger partial charge in [0, 0.05) is 6.20 Å². The van der Waals surface area contributed by atoms with Gasteiger partial charge in [-0.15, -0.1) is 0 Å². The van der Waals surface area contributed by atoms with Gasteiger partial charge in [-0.3, -0.25) is 0 Å². The second-order valence-corrected chi connectivity index (χ2v) is 5.07. The SMILES string of the molecule is Nc1c(C(=O)O)ccnc1Nc1nc2ccccc2s1. The van der Waals surface area contributed by atoms with Crippen LogP contribution in [0.5, 0.6) is 0 Å². The van der Waals surface area contributed by atoms with Crippen molar-refractivity contribution in [3.8, 4) is 0 Å². The first-order valence-corrected chi connectivity index (χ1v) is 6.57. The van der Waals surface area contributed by atoms with E-state index >= 15 is 0 Å². The van der Waals surface area contributed by atoms with Gasteiger partial charge in [-0.1, -0.05) is 23.5 Å². The minimum Gasteiger partial charge on any atom is -0.478 e. The summed E-state index contributed by atoms with van der Waals surface area (Å²) in [4.78, 5) is 19.5. The predicted molar refractivity (Wildman–Crippen MR) is 78.5 cm³/mol. The van der Waals surface area contributed by atoms with Gasteiger partial charge >= 0.3 is 5.97 Å². The highest BCUT2D eigenvalue weighted by molar-refractivity contribution is 7.22. The molecule has 20 heavy (non-hydrogen) atoms. The number of aromatic carboxylic acids is 1. The average Bonchev–Trinajstić information content (AvgIpc) is 2.83. The highest BCUT2D eigenvalue weighted by Gasteiger charge is 2.13. The molecule has 2 aromatic heterocycles. The molecule has 0 saturated carbocycles. The lowest BCUT2D eigenvalue weighted by atomic mass is 10.2. The molecule has 0 unspecified atom stereocenters. The number of nitrogen functional groups attached to an aromatic ring is 1. The molecular weight excluding hydrogens is 276 g/mol. The van der Waals surface area contributed by atoms with Crippen LogP contribution in [0.2, 0.25) is 0 Å². The van der Waals surface area contributed by atoms with E-state index < -0.39 is 5.97 Å². The number of hydrogen-bond acceptors (Lipinski definition) is 6. The number of aromatic nitrogens is 2. The smallest absolute Gasteiger partial charge is 0.337 e. The molecule has 0 amide bonds. The van der Waals surface area contributed by atoms with E-state index in [9.17, 15) is 4.79 Å². The highest BCUT2D eigenvalue weighted by atomic mass is 32.1. The van der Waals surface area contributed by atoms with Crippen LogP contribution in [-0.2, 0) is 0 Å². The largest absolute Gasteiger partial charge is 0.478 e. The molecule has 0 spiro atoms. The maximum Gasteiger partial charge on any atom is 0.337 e. The molecule has 0 atom stereocenters. The first kappa shape index (κ1) is 12.4. The zero-order valence-electron chi connectivity index (χ0n) is 10.2. The third kappa shape index (κ3) is 2.14. The number of pyridine rings is 1. The first-order valence-electron chi connectivity index (χ1n) is 5.75. The van der Waals surface area contributed by atoms with Gasteiger partial charge in [0.15, 0.2) is 10.9 Å². The maximum absolute atomic E-state index is 11.0. The van der Waals surface area contributed by atoms with Crippen LogP contribution in [0.15, 0.2) is 36.5 Å². The van der Waals surface area contributed by atoms with Gasteiger partial charge in [0.05, 0.1) is 21.5 Å². The molecule has 2 heterocycles. The number of thiazole rings is 1. The van der Waals surface area contributed by atoms with Gasteiger partial charge in [-0.25, -0.2) is 14.8 Å². The quantitative estimate of drug-likeness (QED) is 0.684. The summed E-state index contributed by atoms with van der Waals surface area (Å²) in [5, 5.41) is 12.6. The standard InChI is InChI=1S/C13H10N4O2S/c14-10-7(12(18)19)5-6-15-11(10)17-13-16-8-3-1-2-4-9(8)20-13/h1-6H,14H2,(H,18,19)(H,15,16,17). The van der Waals surface area contributed by atoms with Crippen LogP contribution < -0.4 is 11.1 Å². The molecule has 6 nitrogen and oxygen atoms in total. The second-order valence-electron chi connectivity index (χ2n) is 4.04. The molecule has 0 radical (unpaired) electrons. The number of fused-ring (bicyclic) bond motifs is 1. The van der Waals surface area contributed by atoms with Gasteiger partial charge in [0.25, 0.3) is 0 Å². The number of benzene rings is 1. The van der Waals surface area contributed by atoms with E-state index in [1.54, 1.807) is 0 Å². The van der Waals surface area contributed by atoms with Gasteiger partial charge in [0.2, 0.25) is 0 Å². The summed E-state index contributed by atoms with van der Waals surface area (Å²) in [5.74, 6) is -0.791. The van der Waals surface area contributed by atoms with Gasteiger partial charge in [-0.05, 0) is 18.2 Å². The van der Waals surface area contributed by atoms with Gasteiger partial charge < -0.3 is 16.2 Å². The summed E-state index contributed by atoms with van der Waals surface area (Å²) < 4.78 is 1.03. The molecule has 4 N–H and O–H groups in total. The van der Waals surface area contributed by atoms with Crippen LogP contribution in [0.1, 0.15) is 10.4 Å². The topological polar surface area (TPSA) is 101 Å². The number of hydrogen-bond donors (Lipinski definition) is 3. The predicted octanol–water partition coefficient (Wildman–Crippen LogP) is 2.72. The van der Waals surface area contributed by atoms with Crippen molar-refractivity contribution in [2.24, 2.45) is 0 Å². The van der Waals surface area contributed by atoms with Crippen molar-refractivity contribution in [1.29, 1.82) is 0 Å². The molecule has 0 aliphatic rings. The number of carboxylic acid groups (broad SMARTS) is 1. The van der Waals surface area contributed by atoms with E-state index in [-0.39, 0.29) is 11.3 Å². The third-order valence-corrected chi connectivity index (χ3v) is 3.69. The molecule has 7 heteroatoms. The maximum atomic E-state index is 11.0. The lowest BCUT2D eigenvalue weighted by Gasteiger charge is -2.07. The summed E-state index contributed by atoms with van der Waals surface area (Å²) in [6, 6.07) is 9.07. The number of carboxylic acids is 1. The monoisotopic (exact) mass is 286 g/mol. The van der Waals surface area contributed by atoms with Crippen LogP contribution in [0.3, 0.4) is 0 Å². The van der Waals surface area contributed by atoms with Crippen molar-refractivity contribution in [3.05, 3.63) is 42.1 Å². The van der Waals surface area contributed by atoms with E-state index in [0.29, 0.717) is 10.9 Å². The van der Waals surface area contributed by atoms with E-state index in [1.165, 1.54) is 23.6 Å². The summed E-state index contributed by atoms with van der Waals surface area (Å²) in [7, 11) is 0. The van der Waals surface area contributed by atoms with Crippen LogP contribution in [-0.4, -0.2) is 21.0 Å². The van der Waals surface area contributed by atoms with E-state index in [2.05, 4.69) is 15.3 Å². The molecule has 1 aromatic carbocycles. The number of nitrogens with two attached hydrogens (primary N) is 1. The summed E-state index contributed by atoms with van der Waals surface area (Å²) in [6.07, 6.45) is 1.40. The number of carbonyl (C=O) groups is 1. The molecule has 0 saturated heterocycles. The molecule has 3 aromatic rings. The third-order valence-electron chi connectivity index (χ3n) is 2.74. The summed E-state index contributed by atoms with van der Waals surface area (Å²) in [6.45, 7) is 0. The Balaban J connectivity index is 1.98. The normalized spacial score (nSPS) is 10.6. The Labute approximate surface area is 117 Å². The number of nitrogens with zero attached hydrogens (tertiary/aromatic N) is 2. The summed E-state index contributed by atoms with van der Waals surface area (Å²) in [5.41, 5.74) is 6.78. The Morgan fingerprint density at radius 1 is 1.30 bits per heavy atom. The number of nitrogens with one attached hydrogen (secondary N) is 1. The fraction of sp³-hybridized carbons (Fsp3) is 0. The number of rotatable bonds is 3. The Morgan fingerprint density at radius 2 is 2.10 bits per heavy atom. The fourth-order valence-corrected chi connectivity index (χ4v) is 2.65. The Hall–Kier alpha value is -2.67. The van der Waals surface area contributed by atoms with Gasteiger partial charge in [-0.2, -0.15) is 0 Å². The fourth-order valence-electron chi connectivity index (χ4n) is 1.79. The van der Waals surface area contributed by atoms with Crippen molar-refractivity contribution in [3.63, 3.8) is 0 Å². The second kappa shape index (κ2) is 4.78. The molecular formula is C13H10N4O2S. The zero-order chi connectivity index (χ0) is 14.1. The van der Waals surface area contributed by atoms with Crippen LogP contribution >= 0.6 is 11.3 Å². The van der Waals surface area contributed by atoms with Crippen molar-refractivity contribution in [1.82, 2.24) is 9.97 Å². The first-order chi connectivity index (χ1) is 9.65. The van der Waals surface area contributed by atoms with Crippen LogP contribution in [0.4, 0.5) is 16.6 Å². The Morgan fingerprint density at radius 3 is 2.85 bits per heavy atom. The molecule has 0 fully saturated rings. The van der Waals surface area contributed by atoms with Crippen LogP contribution in [0, 0.1) is 0 Å². The average molecular weight is 286 g/mol. The highest BCUT2D eigenvalue weighted by Crippen LogP contribution is 2.30. The summed E-state index contributed by atoms with van der Waals surface area (Å²) >= 11 is 1.45. The van der Waals surface area contributed by atoms with Crippen molar-refractivity contribution >= 4 is 44.2 Å². The zero-order valence-corrected chi connectivity index (χ0v) is 11.0. The molecule has 0 aliphatic carbocycles. The van der Waals surface area contributed by atoms with Crippen molar-refractivity contribution in [2.75, 3.05) is 11.1 Å². The minimum atomic E-state index is -1.09. The number of para-hydroxylation sites is 1. The lowest BCUT2D eigenvalue weighted by Crippen LogP contribution is -2.06. The lowest BCUT2D eigenvalue weighted by molar-refractivity contribution is 0.0698. The van der Waals surface area contributed by atoms with Crippen molar-refractivity contribution < 1.29 is 9.90 Å². The van der Waals surface area contributed by atoms with E-state index in [4.69, 9.17) is 10.8 Å². The molecule has 0 bridgehead atoms. The Bertz CT molecular complexity index is 767. The van der Waals surface area contributed by atoms with Crippen molar-refractivity contribution in [2.45, 2.75) is 0 Å². The van der Waals surface area contributed by atoms with Crippen LogP contribution in [0.25, 0.3) is 10.2 Å². The van der Waals surface area contributed by atoms with E-state index in [1.807, 2.05) is 24.3 Å².